The van der Waals surface area contributed by atoms with Crippen LogP contribution < -0.4 is 5.32 Å². The SMILES string of the molecule is N#CC1(C(=O)NCC(F)(F)C(F)F)CCC1. The first-order valence-corrected chi connectivity index (χ1v) is 4.70. The van der Waals surface area contributed by atoms with E-state index in [1.807, 2.05) is 0 Å². The summed E-state index contributed by atoms with van der Waals surface area (Å²) in [5, 5.41) is 10.4. The average molecular weight is 238 g/mol. The van der Waals surface area contributed by atoms with Gasteiger partial charge in [-0.25, -0.2) is 8.78 Å². The van der Waals surface area contributed by atoms with Crippen molar-refractivity contribution in [2.75, 3.05) is 6.54 Å². The lowest BCUT2D eigenvalue weighted by Gasteiger charge is -2.33. The van der Waals surface area contributed by atoms with Gasteiger partial charge in [0.1, 0.15) is 5.41 Å². The fourth-order valence-corrected chi connectivity index (χ4v) is 1.36. The molecule has 0 aromatic heterocycles. The van der Waals surface area contributed by atoms with Gasteiger partial charge < -0.3 is 5.32 Å². The van der Waals surface area contributed by atoms with Gasteiger partial charge in [0, 0.05) is 0 Å². The fourth-order valence-electron chi connectivity index (χ4n) is 1.36. The van der Waals surface area contributed by atoms with Crippen LogP contribution in [0, 0.1) is 16.7 Å². The maximum atomic E-state index is 12.5. The van der Waals surface area contributed by atoms with E-state index in [0.717, 1.165) is 0 Å². The largest absolute Gasteiger partial charge is 0.348 e. The summed E-state index contributed by atoms with van der Waals surface area (Å²) >= 11 is 0. The van der Waals surface area contributed by atoms with Crippen LogP contribution in [0.2, 0.25) is 0 Å². The number of hydrogen-bond donors (Lipinski definition) is 1. The number of nitriles is 1. The molecule has 1 aliphatic carbocycles. The molecule has 90 valence electrons. The third kappa shape index (κ3) is 2.26. The van der Waals surface area contributed by atoms with Crippen molar-refractivity contribution in [3.05, 3.63) is 0 Å². The molecule has 3 nitrogen and oxygen atoms in total. The predicted molar refractivity (Wildman–Crippen MR) is 45.9 cm³/mol. The van der Waals surface area contributed by atoms with Crippen molar-refractivity contribution >= 4 is 5.91 Å². The first kappa shape index (κ1) is 12.7. The molecule has 0 radical (unpaired) electrons. The molecule has 0 bridgehead atoms. The van der Waals surface area contributed by atoms with Gasteiger partial charge in [-0.15, -0.1) is 0 Å². The second-order valence-electron chi connectivity index (χ2n) is 3.79. The van der Waals surface area contributed by atoms with Crippen LogP contribution in [0.5, 0.6) is 0 Å². The lowest BCUT2D eigenvalue weighted by atomic mass is 9.69. The van der Waals surface area contributed by atoms with E-state index in [9.17, 15) is 22.4 Å². The Kier molecular flexibility index (Phi) is 3.41. The van der Waals surface area contributed by atoms with E-state index in [1.165, 1.54) is 0 Å². The third-order valence-corrected chi connectivity index (χ3v) is 2.66. The summed E-state index contributed by atoms with van der Waals surface area (Å²) in [6, 6.07) is 1.74. The molecular weight excluding hydrogens is 228 g/mol. The molecule has 16 heavy (non-hydrogen) atoms. The molecule has 1 aliphatic rings. The Morgan fingerprint density at radius 2 is 2.06 bits per heavy atom. The first-order chi connectivity index (χ1) is 7.34. The molecule has 1 rings (SSSR count). The van der Waals surface area contributed by atoms with Gasteiger partial charge in [-0.1, -0.05) is 0 Å². The van der Waals surface area contributed by atoms with Gasteiger partial charge in [0.05, 0.1) is 12.6 Å². The molecule has 7 heteroatoms. The van der Waals surface area contributed by atoms with Gasteiger partial charge in [-0.2, -0.15) is 14.0 Å². The van der Waals surface area contributed by atoms with E-state index in [0.29, 0.717) is 6.42 Å². The van der Waals surface area contributed by atoms with E-state index < -0.39 is 30.2 Å². The van der Waals surface area contributed by atoms with E-state index in [2.05, 4.69) is 0 Å². The number of carbonyl (C=O) groups excluding carboxylic acids is 1. The molecule has 1 amide bonds. The fraction of sp³-hybridized carbons (Fsp3) is 0.778. The molecule has 0 aliphatic heterocycles. The Labute approximate surface area is 89.4 Å². The summed E-state index contributed by atoms with van der Waals surface area (Å²) in [6.07, 6.45) is -2.59. The van der Waals surface area contributed by atoms with Gasteiger partial charge in [0.25, 0.3) is 0 Å². The van der Waals surface area contributed by atoms with Crippen LogP contribution in [0.15, 0.2) is 0 Å². The monoisotopic (exact) mass is 238 g/mol. The summed E-state index contributed by atoms with van der Waals surface area (Å²) in [6.45, 7) is -1.44. The van der Waals surface area contributed by atoms with Crippen LogP contribution in [0.25, 0.3) is 0 Å². The second-order valence-corrected chi connectivity index (χ2v) is 3.79. The first-order valence-electron chi connectivity index (χ1n) is 4.70. The van der Waals surface area contributed by atoms with Gasteiger partial charge >= 0.3 is 12.3 Å². The number of rotatable bonds is 4. The van der Waals surface area contributed by atoms with Crippen molar-refractivity contribution in [1.82, 2.24) is 5.32 Å². The smallest absolute Gasteiger partial charge is 0.324 e. The zero-order valence-electron chi connectivity index (χ0n) is 8.27. The Hall–Kier alpha value is -1.32. The molecule has 1 saturated carbocycles. The predicted octanol–water partition coefficient (Wildman–Crippen LogP) is 1.70. The van der Waals surface area contributed by atoms with Crippen LogP contribution in [-0.4, -0.2) is 24.8 Å². The normalized spacial score (nSPS) is 18.8. The van der Waals surface area contributed by atoms with Gasteiger partial charge in [-0.05, 0) is 19.3 Å². The van der Waals surface area contributed by atoms with Gasteiger partial charge in [0.15, 0.2) is 0 Å². The molecule has 0 heterocycles. The highest BCUT2D eigenvalue weighted by molar-refractivity contribution is 5.86. The molecular formula is C9H10F4N2O. The zero-order chi connectivity index (χ0) is 12.4. The summed E-state index contributed by atoms with van der Waals surface area (Å²) in [7, 11) is 0. The second kappa shape index (κ2) is 4.28. The summed E-state index contributed by atoms with van der Waals surface area (Å²) < 4.78 is 48.5. The van der Waals surface area contributed by atoms with E-state index >= 15 is 0 Å². The van der Waals surface area contributed by atoms with Crippen LogP contribution in [0.3, 0.4) is 0 Å². The van der Waals surface area contributed by atoms with Gasteiger partial charge in [-0.3, -0.25) is 4.79 Å². The maximum absolute atomic E-state index is 12.5. The number of carbonyl (C=O) groups is 1. The van der Waals surface area contributed by atoms with Crippen LogP contribution in [0.1, 0.15) is 19.3 Å². The molecule has 0 spiro atoms. The molecule has 0 aromatic rings. The summed E-state index contributed by atoms with van der Waals surface area (Å²) in [5.41, 5.74) is -1.29. The highest BCUT2D eigenvalue weighted by Gasteiger charge is 2.47. The van der Waals surface area contributed by atoms with Crippen molar-refractivity contribution in [3.63, 3.8) is 0 Å². The minimum Gasteiger partial charge on any atom is -0.348 e. The molecule has 0 unspecified atom stereocenters. The standard InChI is InChI=1S/C9H10F4N2O/c10-6(11)9(12,13)5-15-7(16)8(4-14)2-1-3-8/h6H,1-3,5H2,(H,15,16). The van der Waals surface area contributed by atoms with Crippen molar-refractivity contribution in [3.8, 4) is 6.07 Å². The third-order valence-electron chi connectivity index (χ3n) is 2.66. The van der Waals surface area contributed by atoms with Crippen molar-refractivity contribution in [1.29, 1.82) is 5.26 Å². The van der Waals surface area contributed by atoms with Crippen LogP contribution in [-0.2, 0) is 4.79 Å². The highest BCUT2D eigenvalue weighted by atomic mass is 19.3. The number of hydrogen-bond acceptors (Lipinski definition) is 2. The quantitative estimate of drug-likeness (QED) is 0.758. The lowest BCUT2D eigenvalue weighted by molar-refractivity contribution is -0.143. The van der Waals surface area contributed by atoms with E-state index in [-0.39, 0.29) is 12.8 Å². The van der Waals surface area contributed by atoms with Gasteiger partial charge in [0.2, 0.25) is 5.91 Å². The molecule has 0 atom stereocenters. The number of nitrogens with zero attached hydrogens (tertiary/aromatic N) is 1. The number of nitrogens with one attached hydrogen (secondary N) is 1. The maximum Gasteiger partial charge on any atom is 0.324 e. The topological polar surface area (TPSA) is 52.9 Å². The van der Waals surface area contributed by atoms with Crippen molar-refractivity contribution in [2.45, 2.75) is 31.6 Å². The van der Waals surface area contributed by atoms with Crippen LogP contribution >= 0.6 is 0 Å². The zero-order valence-corrected chi connectivity index (χ0v) is 8.27. The molecule has 0 aromatic carbocycles. The minimum absolute atomic E-state index is 0.287. The van der Waals surface area contributed by atoms with Crippen LogP contribution in [0.4, 0.5) is 17.6 Å². The molecule has 1 N–H and O–H groups in total. The number of halogens is 4. The van der Waals surface area contributed by atoms with Crippen molar-refractivity contribution in [2.24, 2.45) is 5.41 Å². The molecule has 1 fully saturated rings. The number of alkyl halides is 4. The Morgan fingerprint density at radius 1 is 1.50 bits per heavy atom. The number of amides is 1. The van der Waals surface area contributed by atoms with Crippen molar-refractivity contribution < 1.29 is 22.4 Å². The van der Waals surface area contributed by atoms with E-state index in [1.54, 1.807) is 11.4 Å². The van der Waals surface area contributed by atoms with E-state index in [4.69, 9.17) is 5.26 Å². The minimum atomic E-state index is -4.25. The highest BCUT2D eigenvalue weighted by Crippen LogP contribution is 2.40. The Balaban J connectivity index is 2.51. The average Bonchev–Trinajstić information content (AvgIpc) is 2.14. The Bertz CT molecular complexity index is 320. The summed E-state index contributed by atoms with van der Waals surface area (Å²) in [4.78, 5) is 11.3. The summed E-state index contributed by atoms with van der Waals surface area (Å²) in [5.74, 6) is -5.14. The lowest BCUT2D eigenvalue weighted by Crippen LogP contribution is -2.49. The Morgan fingerprint density at radius 3 is 2.38 bits per heavy atom. The molecule has 0 saturated heterocycles.